The first-order valence-electron chi connectivity index (χ1n) is 10.1. The Morgan fingerprint density at radius 1 is 1.03 bits per heavy atom. The average molecular weight is 435 g/mol. The first kappa shape index (κ1) is 20.8. The van der Waals surface area contributed by atoms with Crippen LogP contribution in [0.4, 0.5) is 17.5 Å². The molecule has 0 spiro atoms. The van der Waals surface area contributed by atoms with Crippen LogP contribution in [0, 0.1) is 6.92 Å². The molecule has 0 bridgehead atoms. The molecule has 0 aliphatic carbocycles. The number of hydrogen-bond donors (Lipinski definition) is 1. The third kappa shape index (κ3) is 5.38. The zero-order valence-corrected chi connectivity index (χ0v) is 18.0. The molecule has 0 saturated carbocycles. The number of pyridine rings is 1. The summed E-state index contributed by atoms with van der Waals surface area (Å²) in [4.78, 5) is 20.7. The molecule has 4 rings (SSSR count). The summed E-state index contributed by atoms with van der Waals surface area (Å²) < 4.78 is 0. The third-order valence-electron chi connectivity index (χ3n) is 5.05. The van der Waals surface area contributed by atoms with E-state index in [1.807, 2.05) is 60.4 Å². The minimum atomic E-state index is -0.0177. The number of nitrogens with zero attached hydrogens (tertiary/aromatic N) is 5. The number of piperazine rings is 1. The van der Waals surface area contributed by atoms with Crippen molar-refractivity contribution in [2.45, 2.75) is 6.92 Å². The monoisotopic (exact) mass is 434 g/mol. The van der Waals surface area contributed by atoms with Crippen LogP contribution in [-0.4, -0.2) is 52.2 Å². The molecule has 7 nitrogen and oxygen atoms in total. The lowest BCUT2D eigenvalue weighted by molar-refractivity contribution is -0.126. The normalized spacial score (nSPS) is 14.1. The molecular weight excluding hydrogens is 412 g/mol. The van der Waals surface area contributed by atoms with E-state index in [0.29, 0.717) is 37.0 Å². The topological polar surface area (TPSA) is 74.2 Å². The number of rotatable bonds is 5. The van der Waals surface area contributed by atoms with E-state index >= 15 is 0 Å². The van der Waals surface area contributed by atoms with Crippen LogP contribution in [0.3, 0.4) is 0 Å². The Hall–Kier alpha value is -3.45. The molecule has 0 atom stereocenters. The van der Waals surface area contributed by atoms with Crippen molar-refractivity contribution in [3.05, 3.63) is 77.0 Å². The van der Waals surface area contributed by atoms with Gasteiger partial charge in [0, 0.05) is 43.5 Å². The summed E-state index contributed by atoms with van der Waals surface area (Å²) in [7, 11) is 0. The fourth-order valence-corrected chi connectivity index (χ4v) is 3.53. The molecule has 8 heteroatoms. The van der Waals surface area contributed by atoms with Gasteiger partial charge in [0.1, 0.15) is 5.82 Å². The molecule has 1 aliphatic rings. The van der Waals surface area contributed by atoms with Crippen LogP contribution in [0.15, 0.2) is 60.8 Å². The molecule has 1 N–H and O–H groups in total. The van der Waals surface area contributed by atoms with Crippen LogP contribution in [0.2, 0.25) is 5.02 Å². The molecule has 1 amide bonds. The predicted molar refractivity (Wildman–Crippen MR) is 124 cm³/mol. The molecule has 2 aromatic heterocycles. The quantitative estimate of drug-likeness (QED) is 0.613. The van der Waals surface area contributed by atoms with E-state index in [1.54, 1.807) is 18.3 Å². The van der Waals surface area contributed by atoms with Gasteiger partial charge in [-0.15, -0.1) is 10.2 Å². The summed E-state index contributed by atoms with van der Waals surface area (Å²) in [6.07, 6.45) is 5.09. The van der Waals surface area contributed by atoms with E-state index < -0.39 is 0 Å². The molecule has 3 aromatic rings. The number of carbonyl (C=O) groups is 1. The van der Waals surface area contributed by atoms with Crippen molar-refractivity contribution in [3.8, 4) is 0 Å². The Morgan fingerprint density at radius 3 is 2.55 bits per heavy atom. The lowest BCUT2D eigenvalue weighted by atomic mass is 10.2. The van der Waals surface area contributed by atoms with Gasteiger partial charge >= 0.3 is 0 Å². The lowest BCUT2D eigenvalue weighted by Crippen LogP contribution is -2.48. The summed E-state index contributed by atoms with van der Waals surface area (Å²) in [5.41, 5.74) is 1.96. The Labute approximate surface area is 186 Å². The van der Waals surface area contributed by atoms with E-state index in [1.165, 1.54) is 0 Å². The molecule has 1 aromatic carbocycles. The van der Waals surface area contributed by atoms with Gasteiger partial charge in [-0.25, -0.2) is 4.98 Å². The largest absolute Gasteiger partial charge is 0.352 e. The summed E-state index contributed by atoms with van der Waals surface area (Å²) in [6, 6.07) is 15.2. The van der Waals surface area contributed by atoms with Crippen molar-refractivity contribution < 1.29 is 4.79 Å². The highest BCUT2D eigenvalue weighted by atomic mass is 35.5. The molecule has 3 heterocycles. The zero-order chi connectivity index (χ0) is 21.6. The van der Waals surface area contributed by atoms with Crippen LogP contribution in [0.1, 0.15) is 11.1 Å². The highest BCUT2D eigenvalue weighted by Crippen LogP contribution is 2.18. The molecule has 0 radical (unpaired) electrons. The number of anilines is 3. The maximum absolute atomic E-state index is 12.5. The van der Waals surface area contributed by atoms with Gasteiger partial charge in [-0.3, -0.25) is 4.79 Å². The van der Waals surface area contributed by atoms with Gasteiger partial charge in [-0.05, 0) is 54.5 Å². The fraction of sp³-hybridized carbons (Fsp3) is 0.217. The number of aryl methyl sites for hydroxylation is 1. The summed E-state index contributed by atoms with van der Waals surface area (Å²) in [5, 5.41) is 12.4. The summed E-state index contributed by atoms with van der Waals surface area (Å²) in [5.74, 6) is 2.15. The zero-order valence-electron chi connectivity index (χ0n) is 17.2. The molecule has 31 heavy (non-hydrogen) atoms. The number of halogens is 1. The van der Waals surface area contributed by atoms with Crippen molar-refractivity contribution in [2.75, 3.05) is 36.4 Å². The van der Waals surface area contributed by atoms with Crippen molar-refractivity contribution >= 4 is 41.0 Å². The second-order valence-corrected chi connectivity index (χ2v) is 7.69. The average Bonchev–Trinajstić information content (AvgIpc) is 2.79. The van der Waals surface area contributed by atoms with Crippen LogP contribution < -0.4 is 10.2 Å². The van der Waals surface area contributed by atoms with E-state index in [0.717, 1.165) is 22.8 Å². The number of amides is 1. The standard InChI is InChI=1S/C23H23ClN6O/c1-17-10-11-25-21(16-17)26-20-7-8-22(28-27-20)29-12-14-30(15-13-29)23(31)9-6-18-4-2-3-5-19(18)24/h2-11,16H,12-15H2,1H3,(H,25,26,27)/b9-6+. The first-order chi connectivity index (χ1) is 15.1. The highest BCUT2D eigenvalue weighted by Gasteiger charge is 2.20. The van der Waals surface area contributed by atoms with E-state index in [9.17, 15) is 4.79 Å². The maximum atomic E-state index is 12.5. The second-order valence-electron chi connectivity index (χ2n) is 7.29. The lowest BCUT2D eigenvalue weighted by Gasteiger charge is -2.34. The molecule has 1 saturated heterocycles. The van der Waals surface area contributed by atoms with E-state index in [-0.39, 0.29) is 5.91 Å². The minimum absolute atomic E-state index is 0.0177. The number of nitrogens with one attached hydrogen (secondary N) is 1. The smallest absolute Gasteiger partial charge is 0.246 e. The predicted octanol–water partition coefficient (Wildman–Crippen LogP) is 3.94. The van der Waals surface area contributed by atoms with Crippen LogP contribution in [0.5, 0.6) is 0 Å². The number of benzene rings is 1. The SMILES string of the molecule is Cc1ccnc(Nc2ccc(N3CCN(C(=O)/C=C/c4ccccc4Cl)CC3)nn2)c1. The van der Waals surface area contributed by atoms with Gasteiger partial charge < -0.3 is 15.1 Å². The van der Waals surface area contributed by atoms with Crippen LogP contribution >= 0.6 is 11.6 Å². The van der Waals surface area contributed by atoms with Crippen LogP contribution in [0.25, 0.3) is 6.08 Å². The van der Waals surface area contributed by atoms with Crippen molar-refractivity contribution in [1.29, 1.82) is 0 Å². The molecular formula is C23H23ClN6O. The second kappa shape index (κ2) is 9.57. The molecule has 1 fully saturated rings. The highest BCUT2D eigenvalue weighted by molar-refractivity contribution is 6.32. The number of aromatic nitrogens is 3. The Kier molecular flexibility index (Phi) is 6.43. The van der Waals surface area contributed by atoms with E-state index in [4.69, 9.17) is 11.6 Å². The number of carbonyl (C=O) groups excluding carboxylic acids is 1. The maximum Gasteiger partial charge on any atom is 0.246 e. The summed E-state index contributed by atoms with van der Waals surface area (Å²) >= 11 is 6.14. The molecule has 1 aliphatic heterocycles. The fourth-order valence-electron chi connectivity index (χ4n) is 3.33. The van der Waals surface area contributed by atoms with Gasteiger partial charge in [0.25, 0.3) is 0 Å². The number of hydrogen-bond acceptors (Lipinski definition) is 6. The molecule has 0 unspecified atom stereocenters. The van der Waals surface area contributed by atoms with Crippen molar-refractivity contribution in [2.24, 2.45) is 0 Å². The Bertz CT molecular complexity index is 1080. The Balaban J connectivity index is 1.31. The third-order valence-corrected chi connectivity index (χ3v) is 5.39. The van der Waals surface area contributed by atoms with Crippen molar-refractivity contribution in [1.82, 2.24) is 20.1 Å². The Morgan fingerprint density at radius 2 is 1.84 bits per heavy atom. The first-order valence-corrected chi connectivity index (χ1v) is 10.5. The minimum Gasteiger partial charge on any atom is -0.352 e. The molecule has 158 valence electrons. The van der Waals surface area contributed by atoms with Gasteiger partial charge in [0.05, 0.1) is 0 Å². The van der Waals surface area contributed by atoms with Gasteiger partial charge in [-0.2, -0.15) is 0 Å². The van der Waals surface area contributed by atoms with E-state index in [2.05, 4.69) is 25.4 Å². The van der Waals surface area contributed by atoms with Gasteiger partial charge in [0.15, 0.2) is 11.6 Å². The van der Waals surface area contributed by atoms with Crippen LogP contribution in [-0.2, 0) is 4.79 Å². The van der Waals surface area contributed by atoms with Gasteiger partial charge in [0.2, 0.25) is 5.91 Å². The van der Waals surface area contributed by atoms with Crippen molar-refractivity contribution in [3.63, 3.8) is 0 Å². The van der Waals surface area contributed by atoms with Gasteiger partial charge in [-0.1, -0.05) is 29.8 Å². The summed E-state index contributed by atoms with van der Waals surface area (Å²) in [6.45, 7) is 4.67.